The molecule has 4 aliphatic rings. The minimum Gasteiger partial charge on any atom is -0.443 e. The van der Waals surface area contributed by atoms with Crippen LogP contribution in [-0.2, 0) is 22.3 Å². The summed E-state index contributed by atoms with van der Waals surface area (Å²) in [5.74, 6) is -0.207. The molecular weight excluding hydrogens is 555 g/mol. The molecule has 0 spiro atoms. The number of carbonyl (C=O) groups excluding carboxylic acids is 1. The minimum absolute atomic E-state index is 0.0586. The molecule has 3 aromatic heterocycles. The van der Waals surface area contributed by atoms with E-state index in [1.807, 2.05) is 0 Å². The van der Waals surface area contributed by atoms with Crippen molar-refractivity contribution in [1.82, 2.24) is 29.9 Å². The van der Waals surface area contributed by atoms with Crippen molar-refractivity contribution in [2.75, 3.05) is 5.32 Å². The number of nitrogens with one attached hydrogen (secondary N) is 3. The summed E-state index contributed by atoms with van der Waals surface area (Å²) < 4.78 is 103. The van der Waals surface area contributed by atoms with Crippen LogP contribution in [-0.4, -0.2) is 54.8 Å². The summed E-state index contributed by atoms with van der Waals surface area (Å²) in [5.41, 5.74) is -2.23. The van der Waals surface area contributed by atoms with Crippen LogP contribution in [0.5, 0.6) is 0 Å². The molecule has 3 heterocycles. The van der Waals surface area contributed by atoms with Crippen molar-refractivity contribution in [3.8, 4) is 0 Å². The first kappa shape index (κ1) is 26.6. The van der Waals surface area contributed by atoms with Gasteiger partial charge in [-0.2, -0.15) is 18.3 Å². The van der Waals surface area contributed by atoms with Gasteiger partial charge in [0.1, 0.15) is 17.8 Å². The van der Waals surface area contributed by atoms with E-state index in [0.717, 1.165) is 29.9 Å². The molecule has 0 radical (unpaired) electrons. The Labute approximate surface area is 220 Å². The van der Waals surface area contributed by atoms with Crippen molar-refractivity contribution in [3.05, 3.63) is 35.4 Å². The molecule has 40 heavy (non-hydrogen) atoms. The van der Waals surface area contributed by atoms with E-state index in [1.54, 1.807) is 0 Å². The van der Waals surface area contributed by atoms with Gasteiger partial charge in [0.25, 0.3) is 0 Å². The van der Waals surface area contributed by atoms with Gasteiger partial charge in [0.2, 0.25) is 5.95 Å². The van der Waals surface area contributed by atoms with E-state index in [4.69, 9.17) is 4.74 Å². The van der Waals surface area contributed by atoms with E-state index < -0.39 is 60.3 Å². The number of anilines is 2. The molecule has 0 aliphatic heterocycles. The molecule has 4 fully saturated rings. The third-order valence-corrected chi connectivity index (χ3v) is 7.63. The molecule has 17 heteroatoms. The molecule has 0 aromatic carbocycles. The van der Waals surface area contributed by atoms with Crippen LogP contribution in [0.1, 0.15) is 55.0 Å². The van der Waals surface area contributed by atoms with Gasteiger partial charge in [0.15, 0.2) is 11.5 Å². The smallest absolute Gasteiger partial charge is 0.443 e. The maximum Gasteiger partial charge on any atom is 0.522 e. The zero-order valence-corrected chi connectivity index (χ0v) is 20.4. The number of ether oxygens (including phenoxy) is 2. The number of alkyl carbamates (subject to hydrolysis) is 1. The lowest BCUT2D eigenvalue weighted by atomic mass is 9.50. The summed E-state index contributed by atoms with van der Waals surface area (Å²) in [6.07, 6.45) is -8.20. The zero-order valence-electron chi connectivity index (χ0n) is 20.4. The molecular formula is C23H22F7N7O3. The van der Waals surface area contributed by atoms with E-state index in [2.05, 4.69) is 35.5 Å². The second-order valence-electron chi connectivity index (χ2n) is 10.4. The van der Waals surface area contributed by atoms with E-state index in [0.29, 0.717) is 24.2 Å². The largest absolute Gasteiger partial charge is 0.522 e. The quantitative estimate of drug-likeness (QED) is 0.334. The number of hydrogen-bond donors (Lipinski definition) is 3. The van der Waals surface area contributed by atoms with Crippen LogP contribution >= 0.6 is 0 Å². The Kier molecular flexibility index (Phi) is 6.12. The van der Waals surface area contributed by atoms with Gasteiger partial charge in [0, 0.05) is 35.6 Å². The number of fused-ring (bicyclic) bond motifs is 1. The van der Waals surface area contributed by atoms with Gasteiger partial charge in [-0.3, -0.25) is 14.2 Å². The fraction of sp³-hybridized carbons (Fsp3) is 0.565. The number of aromatic nitrogens is 5. The van der Waals surface area contributed by atoms with E-state index in [9.17, 15) is 31.1 Å². The predicted molar refractivity (Wildman–Crippen MR) is 121 cm³/mol. The summed E-state index contributed by atoms with van der Waals surface area (Å²) in [5, 5.41) is 12.2. The van der Waals surface area contributed by atoms with Crippen molar-refractivity contribution in [3.63, 3.8) is 0 Å². The predicted octanol–water partition coefficient (Wildman–Crippen LogP) is 5.11. The van der Waals surface area contributed by atoms with Crippen LogP contribution in [0.25, 0.3) is 5.65 Å². The van der Waals surface area contributed by atoms with Gasteiger partial charge in [-0.25, -0.2) is 19.2 Å². The van der Waals surface area contributed by atoms with Gasteiger partial charge in [-0.1, -0.05) is 0 Å². The number of carbonyl (C=O) groups is 1. The first-order valence-corrected chi connectivity index (χ1v) is 12.4. The Bertz CT molecular complexity index is 1420. The number of hydrogen-bond acceptors (Lipinski definition) is 7. The third kappa shape index (κ3) is 5.01. The second-order valence-corrected chi connectivity index (χ2v) is 10.4. The molecule has 1 amide bonds. The maximum absolute atomic E-state index is 15.2. The monoisotopic (exact) mass is 577 g/mol. The van der Waals surface area contributed by atoms with Crippen LogP contribution in [0.3, 0.4) is 0 Å². The number of H-pyrrole nitrogens is 1. The fourth-order valence-corrected chi connectivity index (χ4v) is 5.64. The first-order valence-electron chi connectivity index (χ1n) is 12.4. The molecule has 3 atom stereocenters. The molecule has 3 N–H and O–H groups in total. The lowest BCUT2D eigenvalue weighted by Crippen LogP contribution is -2.68. The number of aromatic amines is 1. The van der Waals surface area contributed by atoms with Gasteiger partial charge >= 0.3 is 18.6 Å². The van der Waals surface area contributed by atoms with E-state index in [-0.39, 0.29) is 23.7 Å². The summed E-state index contributed by atoms with van der Waals surface area (Å²) >= 11 is 0. The van der Waals surface area contributed by atoms with Crippen molar-refractivity contribution in [2.45, 2.75) is 75.0 Å². The highest BCUT2D eigenvalue weighted by Crippen LogP contribution is 2.57. The lowest BCUT2D eigenvalue weighted by molar-refractivity contribution is -0.330. The number of imidazole rings is 1. The molecule has 0 saturated heterocycles. The van der Waals surface area contributed by atoms with Crippen molar-refractivity contribution in [2.24, 2.45) is 5.92 Å². The fourth-order valence-electron chi connectivity index (χ4n) is 5.64. The molecule has 3 aromatic rings. The number of halogens is 7. The van der Waals surface area contributed by atoms with E-state index in [1.165, 1.54) is 6.07 Å². The van der Waals surface area contributed by atoms with Crippen LogP contribution in [0, 0.1) is 5.92 Å². The normalized spacial score (nSPS) is 27.8. The SMILES string of the molecule is O=C(NC12CC(C1)C2)O[C@H]1CC[C@@H](c2cc(Nc3ncc(C(F)(F)F)c4nc(COC(F)(F)F)cn34)n[nH]2)[C@H]1F. The topological polar surface area (TPSA) is 118 Å². The number of rotatable bonds is 7. The third-order valence-electron chi connectivity index (χ3n) is 7.63. The average Bonchev–Trinajstić information content (AvgIpc) is 3.52. The average molecular weight is 577 g/mol. The summed E-state index contributed by atoms with van der Waals surface area (Å²) in [6, 6.07) is 1.43. The van der Waals surface area contributed by atoms with Crippen molar-refractivity contribution >= 4 is 23.5 Å². The molecule has 7 rings (SSSR count). The highest BCUT2D eigenvalue weighted by Gasteiger charge is 2.58. The van der Waals surface area contributed by atoms with E-state index >= 15 is 4.39 Å². The number of nitrogens with zero attached hydrogens (tertiary/aromatic N) is 4. The van der Waals surface area contributed by atoms with Crippen molar-refractivity contribution < 1.29 is 45.0 Å². The lowest BCUT2D eigenvalue weighted by Gasteiger charge is -2.61. The van der Waals surface area contributed by atoms with Crippen LogP contribution in [0.4, 0.5) is 47.3 Å². The van der Waals surface area contributed by atoms with Crippen LogP contribution < -0.4 is 10.6 Å². The molecule has 10 nitrogen and oxygen atoms in total. The Morgan fingerprint density at radius 1 is 1.18 bits per heavy atom. The summed E-state index contributed by atoms with van der Waals surface area (Å²) in [4.78, 5) is 19.6. The Balaban J connectivity index is 1.16. The van der Waals surface area contributed by atoms with Crippen LogP contribution in [0.15, 0.2) is 18.5 Å². The summed E-state index contributed by atoms with van der Waals surface area (Å²) in [6.45, 7) is -1.11. The summed E-state index contributed by atoms with van der Waals surface area (Å²) in [7, 11) is 0. The standard InChI is InChI=1S/C23H22F7N7O3/c24-17-12(1-2-15(17)40-20(38)34-21-4-10(5-21)6-21)14-3-16(36-35-14)33-19-31-7-13(22(25,26)27)18-32-11(8-37(18)19)9-39-23(28,29)30/h3,7-8,10,12,15,17H,1-2,4-6,9H2,(H,34,38)(H2,31,33,35,36)/t10?,12-,15-,17+,21?/m0/s1. The second kappa shape index (κ2) is 9.21. The first-order chi connectivity index (χ1) is 18.8. The molecule has 4 aliphatic carbocycles. The zero-order chi connectivity index (χ0) is 28.4. The van der Waals surface area contributed by atoms with Crippen molar-refractivity contribution in [1.29, 1.82) is 0 Å². The molecule has 2 bridgehead atoms. The molecule has 4 saturated carbocycles. The Morgan fingerprint density at radius 2 is 1.93 bits per heavy atom. The highest BCUT2D eigenvalue weighted by atomic mass is 19.4. The van der Waals surface area contributed by atoms with Crippen LogP contribution in [0.2, 0.25) is 0 Å². The van der Waals surface area contributed by atoms with Gasteiger partial charge in [-0.15, -0.1) is 13.2 Å². The van der Waals surface area contributed by atoms with Gasteiger partial charge in [0.05, 0.1) is 12.3 Å². The van der Waals surface area contributed by atoms with Gasteiger partial charge in [-0.05, 0) is 38.0 Å². The Hall–Kier alpha value is -3.63. The maximum atomic E-state index is 15.2. The highest BCUT2D eigenvalue weighted by molar-refractivity contribution is 5.69. The number of amides is 1. The Morgan fingerprint density at radius 3 is 2.58 bits per heavy atom. The minimum atomic E-state index is -5.01. The molecule has 216 valence electrons. The van der Waals surface area contributed by atoms with Gasteiger partial charge < -0.3 is 15.4 Å². The number of alkyl halides is 7. The molecule has 0 unspecified atom stereocenters.